The molecular weight excluding hydrogens is 290 g/mol. The monoisotopic (exact) mass is 299 g/mol. The van der Waals surface area contributed by atoms with Crippen LogP contribution < -0.4 is 10.2 Å². The van der Waals surface area contributed by atoms with Crippen LogP contribution in [-0.2, 0) is 9.59 Å². The molecular formula is C10H10ClN5O4. The minimum atomic E-state index is -1.18. The van der Waals surface area contributed by atoms with Gasteiger partial charge >= 0.3 is 5.69 Å². The molecule has 1 aliphatic heterocycles. The highest BCUT2D eigenvalue weighted by atomic mass is 35.5. The summed E-state index contributed by atoms with van der Waals surface area (Å²) in [5.41, 5.74) is -1.61. The second-order valence-corrected chi connectivity index (χ2v) is 4.97. The van der Waals surface area contributed by atoms with Crippen molar-refractivity contribution in [2.45, 2.75) is 19.4 Å². The van der Waals surface area contributed by atoms with Gasteiger partial charge in [0.15, 0.2) is 0 Å². The van der Waals surface area contributed by atoms with Crippen LogP contribution in [0.1, 0.15) is 13.8 Å². The Morgan fingerprint density at radius 3 is 2.75 bits per heavy atom. The fraction of sp³-hybridized carbons (Fsp3) is 0.400. The molecule has 0 radical (unpaired) electrons. The number of piperazine rings is 1. The summed E-state index contributed by atoms with van der Waals surface area (Å²) in [5.74, 6) is -1.31. The molecule has 1 aromatic rings. The Balaban J connectivity index is 2.59. The van der Waals surface area contributed by atoms with Gasteiger partial charge in [0.2, 0.25) is 17.0 Å². The topological polar surface area (TPSA) is 118 Å². The van der Waals surface area contributed by atoms with Crippen LogP contribution in [0, 0.1) is 10.1 Å². The Bertz CT molecular complexity index is 618. The van der Waals surface area contributed by atoms with Crippen molar-refractivity contribution in [3.63, 3.8) is 0 Å². The first-order valence-electron chi connectivity index (χ1n) is 5.52. The summed E-state index contributed by atoms with van der Waals surface area (Å²) >= 11 is 5.65. The molecule has 1 N–H and O–H groups in total. The Labute approximate surface area is 118 Å². The number of anilines is 1. The van der Waals surface area contributed by atoms with Crippen LogP contribution in [0.3, 0.4) is 0 Å². The summed E-state index contributed by atoms with van der Waals surface area (Å²) in [6.07, 6.45) is 0.942. The van der Waals surface area contributed by atoms with E-state index >= 15 is 0 Å². The van der Waals surface area contributed by atoms with Crippen molar-refractivity contribution in [3.05, 3.63) is 21.6 Å². The first-order valence-corrected chi connectivity index (χ1v) is 5.90. The number of carbonyl (C=O) groups is 2. The molecule has 0 unspecified atom stereocenters. The summed E-state index contributed by atoms with van der Waals surface area (Å²) in [4.78, 5) is 42.2. The second kappa shape index (κ2) is 4.67. The van der Waals surface area contributed by atoms with Gasteiger partial charge in [-0.1, -0.05) is 0 Å². The Hall–Kier alpha value is -2.29. The van der Waals surface area contributed by atoms with Crippen LogP contribution in [-0.4, -0.2) is 38.8 Å². The molecule has 1 aliphatic rings. The minimum Gasteiger partial charge on any atom is -0.327 e. The van der Waals surface area contributed by atoms with E-state index in [9.17, 15) is 19.7 Å². The molecule has 0 aromatic carbocycles. The van der Waals surface area contributed by atoms with Gasteiger partial charge in [0.05, 0.1) is 4.92 Å². The number of nitro groups is 1. The zero-order valence-electron chi connectivity index (χ0n) is 10.6. The molecule has 2 rings (SSSR count). The quantitative estimate of drug-likeness (QED) is 0.360. The fourth-order valence-corrected chi connectivity index (χ4v) is 1.92. The van der Waals surface area contributed by atoms with E-state index in [2.05, 4.69) is 15.3 Å². The first-order chi connectivity index (χ1) is 9.23. The fourth-order valence-electron chi connectivity index (χ4n) is 1.80. The predicted octanol–water partition coefficient (Wildman–Crippen LogP) is 0.280. The van der Waals surface area contributed by atoms with E-state index in [4.69, 9.17) is 11.6 Å². The van der Waals surface area contributed by atoms with E-state index < -0.39 is 28.0 Å². The lowest BCUT2D eigenvalue weighted by Gasteiger charge is -2.40. The highest BCUT2D eigenvalue weighted by molar-refractivity contribution is 6.28. The zero-order chi connectivity index (χ0) is 15.1. The van der Waals surface area contributed by atoms with Crippen molar-refractivity contribution in [2.24, 2.45) is 0 Å². The standard InChI is InChI=1S/C10H10ClN5O4/c1-10(2)8(18)13-6(17)4-15(10)7-5(16(19)20)3-12-9(11)14-7/h3H,4H2,1-2H3,(H,13,17,18). The van der Waals surface area contributed by atoms with E-state index in [0.29, 0.717) is 0 Å². The largest absolute Gasteiger partial charge is 0.329 e. The zero-order valence-corrected chi connectivity index (χ0v) is 11.3. The second-order valence-electron chi connectivity index (χ2n) is 4.63. The van der Waals surface area contributed by atoms with Gasteiger partial charge in [-0.05, 0) is 25.4 Å². The van der Waals surface area contributed by atoms with Crippen LogP contribution in [0.5, 0.6) is 0 Å². The molecule has 20 heavy (non-hydrogen) atoms. The smallest absolute Gasteiger partial charge is 0.327 e. The van der Waals surface area contributed by atoms with Crippen LogP contribution in [0.15, 0.2) is 6.20 Å². The maximum Gasteiger partial charge on any atom is 0.329 e. The molecule has 10 heteroatoms. The lowest BCUT2D eigenvalue weighted by atomic mass is 9.98. The Morgan fingerprint density at radius 1 is 1.50 bits per heavy atom. The summed E-state index contributed by atoms with van der Waals surface area (Å²) < 4.78 is 0. The average Bonchev–Trinajstić information content (AvgIpc) is 2.33. The lowest BCUT2D eigenvalue weighted by molar-refractivity contribution is -0.384. The highest BCUT2D eigenvalue weighted by Crippen LogP contribution is 2.32. The number of imide groups is 1. The Kier molecular flexibility index (Phi) is 3.30. The summed E-state index contributed by atoms with van der Waals surface area (Å²) in [7, 11) is 0. The van der Waals surface area contributed by atoms with Crippen LogP contribution >= 0.6 is 11.6 Å². The molecule has 0 atom stereocenters. The third-order valence-corrected chi connectivity index (χ3v) is 3.14. The number of hydrogen-bond acceptors (Lipinski definition) is 7. The molecule has 0 spiro atoms. The molecule has 0 aliphatic carbocycles. The molecule has 9 nitrogen and oxygen atoms in total. The summed E-state index contributed by atoms with van der Waals surface area (Å²) in [6, 6.07) is 0. The summed E-state index contributed by atoms with van der Waals surface area (Å²) in [6.45, 7) is 2.80. The van der Waals surface area contributed by atoms with Crippen molar-refractivity contribution >= 4 is 34.9 Å². The number of nitrogens with one attached hydrogen (secondary N) is 1. The van der Waals surface area contributed by atoms with Gasteiger partial charge in [0.1, 0.15) is 18.3 Å². The number of hydrogen-bond donors (Lipinski definition) is 1. The van der Waals surface area contributed by atoms with E-state index in [0.717, 1.165) is 6.20 Å². The van der Waals surface area contributed by atoms with Crippen molar-refractivity contribution < 1.29 is 14.5 Å². The van der Waals surface area contributed by atoms with Crippen molar-refractivity contribution in [3.8, 4) is 0 Å². The summed E-state index contributed by atoms with van der Waals surface area (Å²) in [5, 5.41) is 13.0. The molecule has 1 aromatic heterocycles. The van der Waals surface area contributed by atoms with Gasteiger partial charge < -0.3 is 4.90 Å². The number of rotatable bonds is 2. The number of amides is 2. The van der Waals surface area contributed by atoms with Gasteiger partial charge in [-0.15, -0.1) is 0 Å². The number of carbonyl (C=O) groups excluding carboxylic acids is 2. The van der Waals surface area contributed by atoms with E-state index in [1.165, 1.54) is 18.7 Å². The van der Waals surface area contributed by atoms with Crippen LogP contribution in [0.2, 0.25) is 5.28 Å². The maximum atomic E-state index is 11.9. The molecule has 0 saturated carbocycles. The van der Waals surface area contributed by atoms with Crippen LogP contribution in [0.4, 0.5) is 11.5 Å². The molecule has 1 fully saturated rings. The van der Waals surface area contributed by atoms with E-state index in [1.54, 1.807) is 0 Å². The van der Waals surface area contributed by atoms with Crippen molar-refractivity contribution in [1.82, 2.24) is 15.3 Å². The number of nitrogens with zero attached hydrogens (tertiary/aromatic N) is 4. The lowest BCUT2D eigenvalue weighted by Crippen LogP contribution is -2.64. The number of aromatic nitrogens is 2. The van der Waals surface area contributed by atoms with Gasteiger partial charge in [-0.25, -0.2) is 4.98 Å². The average molecular weight is 300 g/mol. The number of halogens is 1. The molecule has 2 amide bonds. The van der Waals surface area contributed by atoms with Crippen LogP contribution in [0.25, 0.3) is 0 Å². The van der Waals surface area contributed by atoms with E-state index in [1.807, 2.05) is 0 Å². The van der Waals surface area contributed by atoms with Crippen molar-refractivity contribution in [2.75, 3.05) is 11.4 Å². The molecule has 2 heterocycles. The van der Waals surface area contributed by atoms with E-state index in [-0.39, 0.29) is 17.6 Å². The Morgan fingerprint density at radius 2 is 2.15 bits per heavy atom. The molecule has 1 saturated heterocycles. The highest BCUT2D eigenvalue weighted by Gasteiger charge is 2.44. The van der Waals surface area contributed by atoms with Crippen molar-refractivity contribution in [1.29, 1.82) is 0 Å². The molecule has 0 bridgehead atoms. The maximum absolute atomic E-state index is 11.9. The van der Waals surface area contributed by atoms with Gasteiger partial charge in [-0.3, -0.25) is 25.0 Å². The van der Waals surface area contributed by atoms with Gasteiger partial charge in [0.25, 0.3) is 5.91 Å². The predicted molar refractivity (Wildman–Crippen MR) is 68.3 cm³/mol. The minimum absolute atomic E-state index is 0.164. The molecule has 106 valence electrons. The third kappa shape index (κ3) is 2.27. The third-order valence-electron chi connectivity index (χ3n) is 2.96. The normalized spacial score (nSPS) is 17.9. The van der Waals surface area contributed by atoms with Gasteiger partial charge in [-0.2, -0.15) is 4.98 Å². The SMILES string of the molecule is CC1(C)C(=O)NC(=O)CN1c1nc(Cl)ncc1[N+](=O)[O-]. The first kappa shape index (κ1) is 14.1. The van der Waals surface area contributed by atoms with Gasteiger partial charge in [0, 0.05) is 0 Å².